The van der Waals surface area contributed by atoms with Gasteiger partial charge in [-0.3, -0.25) is 0 Å². The molecule has 2 aromatic rings. The van der Waals surface area contributed by atoms with Crippen molar-refractivity contribution in [3.05, 3.63) is 28.4 Å². The van der Waals surface area contributed by atoms with E-state index in [1.807, 2.05) is 0 Å². The van der Waals surface area contributed by atoms with Gasteiger partial charge >= 0.3 is 5.97 Å². The molecule has 0 saturated heterocycles. The molecule has 0 aliphatic rings. The van der Waals surface area contributed by atoms with E-state index in [-0.39, 0.29) is 23.0 Å². The van der Waals surface area contributed by atoms with Crippen molar-refractivity contribution in [1.29, 1.82) is 0 Å². The molecule has 0 fully saturated rings. The van der Waals surface area contributed by atoms with E-state index in [0.717, 1.165) is 0 Å². The monoisotopic (exact) mass is 313 g/mol. The fourth-order valence-electron chi connectivity index (χ4n) is 1.40. The first-order chi connectivity index (χ1) is 8.52. The number of hydrogen-bond donors (Lipinski definition) is 2. The summed E-state index contributed by atoms with van der Waals surface area (Å²) in [6, 6.07) is 4.24. The Balaban J connectivity index is 2.52. The van der Waals surface area contributed by atoms with E-state index in [2.05, 4.69) is 21.1 Å². The average Bonchev–Trinajstić information content (AvgIpc) is 2.78. The Morgan fingerprint density at radius 1 is 1.44 bits per heavy atom. The highest BCUT2D eigenvalue weighted by Gasteiger charge is 2.16. The number of ether oxygens (including phenoxy) is 1. The van der Waals surface area contributed by atoms with Crippen LogP contribution in [0.2, 0.25) is 0 Å². The molecule has 94 valence electrons. The summed E-state index contributed by atoms with van der Waals surface area (Å²) in [4.78, 5) is 10.7. The molecular weight excluding hydrogens is 306 g/mol. The summed E-state index contributed by atoms with van der Waals surface area (Å²) in [5.74, 6) is -0.697. The summed E-state index contributed by atoms with van der Waals surface area (Å²) in [6.07, 6.45) is 0. The van der Waals surface area contributed by atoms with E-state index in [0.29, 0.717) is 10.0 Å². The van der Waals surface area contributed by atoms with Crippen LogP contribution >= 0.6 is 15.9 Å². The Morgan fingerprint density at radius 3 is 2.72 bits per heavy atom. The Kier molecular flexibility index (Phi) is 3.24. The molecule has 0 aliphatic carbocycles. The molecule has 6 nitrogen and oxygen atoms in total. The Hall–Kier alpha value is -2.02. The first-order valence-electron chi connectivity index (χ1n) is 4.80. The zero-order chi connectivity index (χ0) is 13.3. The standard InChI is InChI=1S/C11H8BrNO5/c1-17-10-2-5(6(12)3-8(10)14)9-4-7(11(15)16)13-18-9/h2-4,14H,1H3,(H,15,16). The van der Waals surface area contributed by atoms with Crippen molar-refractivity contribution in [3.8, 4) is 22.8 Å². The smallest absolute Gasteiger partial charge is 0.358 e. The van der Waals surface area contributed by atoms with Crippen LogP contribution in [0.1, 0.15) is 10.5 Å². The minimum atomic E-state index is -1.17. The van der Waals surface area contributed by atoms with E-state index >= 15 is 0 Å². The van der Waals surface area contributed by atoms with Crippen LogP contribution in [-0.2, 0) is 0 Å². The Bertz CT molecular complexity index is 607. The first kappa shape index (κ1) is 12.4. The molecule has 1 heterocycles. The van der Waals surface area contributed by atoms with E-state index in [4.69, 9.17) is 14.4 Å². The molecule has 0 atom stereocenters. The van der Waals surface area contributed by atoms with Gasteiger partial charge in [-0.05, 0) is 28.1 Å². The minimum absolute atomic E-state index is 0.0360. The molecule has 1 aromatic heterocycles. The fourth-order valence-corrected chi connectivity index (χ4v) is 1.92. The maximum absolute atomic E-state index is 10.7. The number of benzene rings is 1. The van der Waals surface area contributed by atoms with Crippen LogP contribution in [0.3, 0.4) is 0 Å². The molecular formula is C11H8BrNO5. The van der Waals surface area contributed by atoms with Crippen molar-refractivity contribution >= 4 is 21.9 Å². The van der Waals surface area contributed by atoms with Gasteiger partial charge in [-0.25, -0.2) is 4.79 Å². The van der Waals surface area contributed by atoms with Crippen LogP contribution in [0.25, 0.3) is 11.3 Å². The molecule has 18 heavy (non-hydrogen) atoms. The summed E-state index contributed by atoms with van der Waals surface area (Å²) in [6.45, 7) is 0. The third kappa shape index (κ3) is 2.17. The van der Waals surface area contributed by atoms with Crippen molar-refractivity contribution < 1.29 is 24.3 Å². The molecule has 0 radical (unpaired) electrons. The van der Waals surface area contributed by atoms with Gasteiger partial charge in [-0.2, -0.15) is 0 Å². The highest BCUT2D eigenvalue weighted by molar-refractivity contribution is 9.10. The zero-order valence-corrected chi connectivity index (χ0v) is 10.8. The second-order valence-electron chi connectivity index (χ2n) is 3.39. The number of carboxylic acid groups (broad SMARTS) is 1. The van der Waals surface area contributed by atoms with Gasteiger partial charge in [0.25, 0.3) is 0 Å². The van der Waals surface area contributed by atoms with Gasteiger partial charge in [0.1, 0.15) is 0 Å². The van der Waals surface area contributed by atoms with E-state index < -0.39 is 5.97 Å². The molecule has 2 N–H and O–H groups in total. The molecule has 1 aromatic carbocycles. The predicted molar refractivity (Wildman–Crippen MR) is 64.8 cm³/mol. The number of aromatic carboxylic acids is 1. The summed E-state index contributed by atoms with van der Waals surface area (Å²) >= 11 is 3.24. The maximum atomic E-state index is 10.7. The average molecular weight is 314 g/mol. The second-order valence-corrected chi connectivity index (χ2v) is 4.24. The third-order valence-corrected chi connectivity index (χ3v) is 2.92. The van der Waals surface area contributed by atoms with Crippen LogP contribution in [0, 0.1) is 0 Å². The second kappa shape index (κ2) is 4.69. The van der Waals surface area contributed by atoms with Crippen LogP contribution < -0.4 is 4.74 Å². The lowest BCUT2D eigenvalue weighted by atomic mass is 10.1. The summed E-state index contributed by atoms with van der Waals surface area (Å²) in [5.41, 5.74) is 0.341. The van der Waals surface area contributed by atoms with Gasteiger partial charge in [0.2, 0.25) is 0 Å². The lowest BCUT2D eigenvalue weighted by Crippen LogP contribution is -1.94. The SMILES string of the molecule is COc1cc(-c2cc(C(=O)O)no2)c(Br)cc1O. The number of nitrogens with zero attached hydrogens (tertiary/aromatic N) is 1. The lowest BCUT2D eigenvalue weighted by Gasteiger charge is -2.06. The zero-order valence-electron chi connectivity index (χ0n) is 9.18. The van der Waals surface area contributed by atoms with Gasteiger partial charge in [0.05, 0.1) is 7.11 Å². The van der Waals surface area contributed by atoms with Crippen molar-refractivity contribution in [2.24, 2.45) is 0 Å². The molecule has 7 heteroatoms. The number of carboxylic acids is 1. The molecule has 0 aliphatic heterocycles. The number of aromatic hydroxyl groups is 1. The number of halogens is 1. The number of carbonyl (C=O) groups is 1. The number of rotatable bonds is 3. The minimum Gasteiger partial charge on any atom is -0.504 e. The van der Waals surface area contributed by atoms with Gasteiger partial charge in [0.15, 0.2) is 23.0 Å². The van der Waals surface area contributed by atoms with Gasteiger partial charge in [-0.1, -0.05) is 5.16 Å². The predicted octanol–water partition coefficient (Wildman–Crippen LogP) is 2.52. The van der Waals surface area contributed by atoms with Crippen molar-refractivity contribution in [2.75, 3.05) is 7.11 Å². The summed E-state index contributed by atoms with van der Waals surface area (Å²) in [7, 11) is 1.41. The van der Waals surface area contributed by atoms with Crippen molar-refractivity contribution in [2.45, 2.75) is 0 Å². The number of phenolic OH excluding ortho intramolecular Hbond substituents is 1. The van der Waals surface area contributed by atoms with Gasteiger partial charge < -0.3 is 19.5 Å². The van der Waals surface area contributed by atoms with Crippen LogP contribution in [0.5, 0.6) is 11.5 Å². The van der Waals surface area contributed by atoms with Crippen molar-refractivity contribution in [1.82, 2.24) is 5.16 Å². The maximum Gasteiger partial charge on any atom is 0.358 e. The van der Waals surface area contributed by atoms with Crippen LogP contribution in [-0.4, -0.2) is 28.4 Å². The third-order valence-electron chi connectivity index (χ3n) is 2.26. The number of phenols is 1. The number of aromatic nitrogens is 1. The van der Waals surface area contributed by atoms with E-state index in [1.54, 1.807) is 0 Å². The number of hydrogen-bond acceptors (Lipinski definition) is 5. The quantitative estimate of drug-likeness (QED) is 0.904. The van der Waals surface area contributed by atoms with Crippen molar-refractivity contribution in [3.63, 3.8) is 0 Å². The Morgan fingerprint density at radius 2 is 2.17 bits per heavy atom. The molecule has 0 spiro atoms. The molecule has 2 rings (SSSR count). The largest absolute Gasteiger partial charge is 0.504 e. The fraction of sp³-hybridized carbons (Fsp3) is 0.0909. The number of methoxy groups -OCH3 is 1. The van der Waals surface area contributed by atoms with Crippen LogP contribution in [0.4, 0.5) is 0 Å². The molecule has 0 amide bonds. The summed E-state index contributed by atoms with van der Waals surface area (Å²) in [5, 5.41) is 21.7. The molecule has 0 unspecified atom stereocenters. The normalized spacial score (nSPS) is 10.3. The molecule has 0 saturated carbocycles. The summed E-state index contributed by atoms with van der Waals surface area (Å²) < 4.78 is 10.4. The first-order valence-corrected chi connectivity index (χ1v) is 5.59. The lowest BCUT2D eigenvalue weighted by molar-refractivity contribution is 0.0686. The van der Waals surface area contributed by atoms with Crippen LogP contribution in [0.15, 0.2) is 27.2 Å². The Labute approximate surface area is 110 Å². The van der Waals surface area contributed by atoms with E-state index in [1.165, 1.54) is 25.3 Å². The van der Waals surface area contributed by atoms with E-state index in [9.17, 15) is 9.90 Å². The molecule has 0 bridgehead atoms. The highest BCUT2D eigenvalue weighted by Crippen LogP contribution is 2.38. The van der Waals surface area contributed by atoms with Gasteiger partial charge in [-0.15, -0.1) is 0 Å². The van der Waals surface area contributed by atoms with Gasteiger partial charge in [0, 0.05) is 16.1 Å². The topological polar surface area (TPSA) is 92.8 Å². The highest BCUT2D eigenvalue weighted by atomic mass is 79.9.